The van der Waals surface area contributed by atoms with Gasteiger partial charge in [0.15, 0.2) is 0 Å². The fourth-order valence-corrected chi connectivity index (χ4v) is 2.82. The number of hydrogen-bond donors (Lipinski definition) is 3. The maximum atomic E-state index is 11.9. The molecule has 1 fully saturated rings. The minimum atomic E-state index is -0.241. The average Bonchev–Trinajstić information content (AvgIpc) is 3.08. The first kappa shape index (κ1) is 16.8. The van der Waals surface area contributed by atoms with Gasteiger partial charge in [-0.05, 0) is 44.5 Å². The van der Waals surface area contributed by atoms with E-state index in [-0.39, 0.29) is 24.7 Å². The SMILES string of the molecule is CCC(CO)NC(=O)NCC(c1ccco1)N1CCCCC1. The molecule has 0 bridgehead atoms. The number of rotatable bonds is 7. The molecule has 0 spiro atoms. The normalized spacial score (nSPS) is 18.6. The highest BCUT2D eigenvalue weighted by Crippen LogP contribution is 2.24. The van der Waals surface area contributed by atoms with Gasteiger partial charge in [-0.15, -0.1) is 0 Å². The van der Waals surface area contributed by atoms with Crippen LogP contribution < -0.4 is 10.6 Å². The van der Waals surface area contributed by atoms with E-state index in [2.05, 4.69) is 15.5 Å². The molecule has 3 N–H and O–H groups in total. The largest absolute Gasteiger partial charge is 0.468 e. The summed E-state index contributed by atoms with van der Waals surface area (Å²) in [7, 11) is 0. The van der Waals surface area contributed by atoms with Crippen LogP contribution in [0.4, 0.5) is 4.79 Å². The van der Waals surface area contributed by atoms with Crippen LogP contribution in [0.1, 0.15) is 44.4 Å². The summed E-state index contributed by atoms with van der Waals surface area (Å²) in [6.45, 7) is 4.45. The molecular weight excluding hydrogens is 282 g/mol. The second-order valence-corrected chi connectivity index (χ2v) is 5.77. The number of amides is 2. The Labute approximate surface area is 131 Å². The van der Waals surface area contributed by atoms with Gasteiger partial charge in [0.2, 0.25) is 0 Å². The smallest absolute Gasteiger partial charge is 0.315 e. The topological polar surface area (TPSA) is 77.7 Å². The van der Waals surface area contributed by atoms with E-state index >= 15 is 0 Å². The first-order valence-corrected chi connectivity index (χ1v) is 8.17. The molecule has 2 rings (SSSR count). The number of urea groups is 1. The molecule has 0 aliphatic carbocycles. The molecule has 124 valence electrons. The minimum Gasteiger partial charge on any atom is -0.468 e. The van der Waals surface area contributed by atoms with Crippen molar-refractivity contribution < 1.29 is 14.3 Å². The highest BCUT2D eigenvalue weighted by atomic mass is 16.3. The molecule has 2 amide bonds. The maximum Gasteiger partial charge on any atom is 0.315 e. The molecule has 6 nitrogen and oxygen atoms in total. The Hall–Kier alpha value is -1.53. The van der Waals surface area contributed by atoms with Gasteiger partial charge < -0.3 is 20.2 Å². The van der Waals surface area contributed by atoms with Gasteiger partial charge in [0.05, 0.1) is 25.0 Å². The van der Waals surface area contributed by atoms with Crippen LogP contribution in [0.5, 0.6) is 0 Å². The Kier molecular flexibility index (Phi) is 6.74. The summed E-state index contributed by atoms with van der Waals surface area (Å²) in [5.74, 6) is 0.886. The zero-order valence-corrected chi connectivity index (χ0v) is 13.3. The van der Waals surface area contributed by atoms with Gasteiger partial charge in [-0.2, -0.15) is 0 Å². The highest BCUT2D eigenvalue weighted by molar-refractivity contribution is 5.74. The van der Waals surface area contributed by atoms with Crippen molar-refractivity contribution >= 4 is 6.03 Å². The summed E-state index contributed by atoms with van der Waals surface area (Å²) in [5, 5.41) is 14.8. The number of likely N-dealkylation sites (tertiary alicyclic amines) is 1. The monoisotopic (exact) mass is 309 g/mol. The van der Waals surface area contributed by atoms with E-state index in [0.29, 0.717) is 13.0 Å². The van der Waals surface area contributed by atoms with E-state index in [9.17, 15) is 4.79 Å². The minimum absolute atomic E-state index is 0.0440. The van der Waals surface area contributed by atoms with Crippen LogP contribution in [0.3, 0.4) is 0 Å². The molecule has 2 unspecified atom stereocenters. The van der Waals surface area contributed by atoms with Gasteiger partial charge in [-0.25, -0.2) is 4.79 Å². The standard InChI is InChI=1S/C16H27N3O3/c1-2-13(12-20)18-16(21)17-11-14(15-7-6-10-22-15)19-8-4-3-5-9-19/h6-7,10,13-14,20H,2-5,8-9,11-12H2,1H3,(H2,17,18,21). The maximum absolute atomic E-state index is 11.9. The second kappa shape index (κ2) is 8.80. The van der Waals surface area contributed by atoms with Crippen LogP contribution in [0, 0.1) is 0 Å². The fourth-order valence-electron chi connectivity index (χ4n) is 2.82. The molecule has 1 saturated heterocycles. The molecule has 0 aromatic carbocycles. The number of carbonyl (C=O) groups excluding carboxylic acids is 1. The van der Waals surface area contributed by atoms with Gasteiger partial charge in [-0.1, -0.05) is 13.3 Å². The average molecular weight is 309 g/mol. The van der Waals surface area contributed by atoms with Crippen molar-refractivity contribution in [3.05, 3.63) is 24.2 Å². The number of carbonyl (C=O) groups is 1. The van der Waals surface area contributed by atoms with Crippen molar-refractivity contribution in [2.75, 3.05) is 26.2 Å². The summed E-state index contributed by atoms with van der Waals surface area (Å²) in [4.78, 5) is 14.3. The molecule has 1 aliphatic heterocycles. The van der Waals surface area contributed by atoms with Crippen molar-refractivity contribution in [1.29, 1.82) is 0 Å². The fraction of sp³-hybridized carbons (Fsp3) is 0.688. The van der Waals surface area contributed by atoms with Crippen LogP contribution in [0.2, 0.25) is 0 Å². The molecule has 2 heterocycles. The number of aliphatic hydroxyl groups is 1. The van der Waals surface area contributed by atoms with E-state index in [1.54, 1.807) is 6.26 Å². The third kappa shape index (κ3) is 4.74. The highest BCUT2D eigenvalue weighted by Gasteiger charge is 2.25. The van der Waals surface area contributed by atoms with E-state index in [4.69, 9.17) is 9.52 Å². The Morgan fingerprint density at radius 3 is 2.77 bits per heavy atom. The number of piperidine rings is 1. The first-order valence-electron chi connectivity index (χ1n) is 8.17. The van der Waals surface area contributed by atoms with Crippen LogP contribution in [0.15, 0.2) is 22.8 Å². The summed E-state index contributed by atoms with van der Waals surface area (Å²) in [6, 6.07) is 3.47. The van der Waals surface area contributed by atoms with E-state index in [0.717, 1.165) is 18.8 Å². The number of aliphatic hydroxyl groups excluding tert-OH is 1. The molecule has 0 saturated carbocycles. The first-order chi connectivity index (χ1) is 10.7. The van der Waals surface area contributed by atoms with E-state index in [1.165, 1.54) is 19.3 Å². The van der Waals surface area contributed by atoms with Crippen LogP contribution in [-0.4, -0.2) is 48.3 Å². The lowest BCUT2D eigenvalue weighted by Crippen LogP contribution is -2.47. The van der Waals surface area contributed by atoms with E-state index < -0.39 is 0 Å². The summed E-state index contributed by atoms with van der Waals surface area (Å²) < 4.78 is 5.55. The van der Waals surface area contributed by atoms with Crippen molar-refractivity contribution in [3.63, 3.8) is 0 Å². The summed E-state index contributed by atoms with van der Waals surface area (Å²) >= 11 is 0. The Morgan fingerprint density at radius 1 is 1.41 bits per heavy atom. The van der Waals surface area contributed by atoms with Gasteiger partial charge in [0, 0.05) is 6.54 Å². The van der Waals surface area contributed by atoms with Crippen LogP contribution in [0.25, 0.3) is 0 Å². The zero-order chi connectivity index (χ0) is 15.8. The molecular formula is C16H27N3O3. The number of hydrogen-bond acceptors (Lipinski definition) is 4. The van der Waals surface area contributed by atoms with Gasteiger partial charge in [-0.3, -0.25) is 4.90 Å². The lowest BCUT2D eigenvalue weighted by Gasteiger charge is -2.33. The Balaban J connectivity index is 1.91. The lowest BCUT2D eigenvalue weighted by atomic mass is 10.1. The summed E-state index contributed by atoms with van der Waals surface area (Å²) in [6.07, 6.45) is 6.02. The number of nitrogens with one attached hydrogen (secondary N) is 2. The van der Waals surface area contributed by atoms with Crippen molar-refractivity contribution in [1.82, 2.24) is 15.5 Å². The van der Waals surface area contributed by atoms with Crippen LogP contribution in [-0.2, 0) is 0 Å². The Bertz CT molecular complexity index is 426. The van der Waals surface area contributed by atoms with Gasteiger partial charge >= 0.3 is 6.03 Å². The third-order valence-electron chi connectivity index (χ3n) is 4.21. The van der Waals surface area contributed by atoms with Gasteiger partial charge in [0.25, 0.3) is 0 Å². The molecule has 0 radical (unpaired) electrons. The number of nitrogens with zero attached hydrogens (tertiary/aromatic N) is 1. The quantitative estimate of drug-likeness (QED) is 0.718. The summed E-state index contributed by atoms with van der Waals surface area (Å²) in [5.41, 5.74) is 0. The van der Waals surface area contributed by atoms with Crippen molar-refractivity contribution in [2.24, 2.45) is 0 Å². The lowest BCUT2D eigenvalue weighted by molar-refractivity contribution is 0.142. The molecule has 22 heavy (non-hydrogen) atoms. The molecule has 1 aliphatic rings. The number of furan rings is 1. The zero-order valence-electron chi connectivity index (χ0n) is 13.3. The van der Waals surface area contributed by atoms with Crippen LogP contribution >= 0.6 is 0 Å². The molecule has 1 aromatic heterocycles. The van der Waals surface area contributed by atoms with Crippen molar-refractivity contribution in [3.8, 4) is 0 Å². The van der Waals surface area contributed by atoms with Crippen molar-refractivity contribution in [2.45, 2.75) is 44.7 Å². The Morgan fingerprint density at radius 2 is 2.18 bits per heavy atom. The molecule has 1 aromatic rings. The third-order valence-corrected chi connectivity index (χ3v) is 4.21. The predicted octanol–water partition coefficient (Wildman–Crippen LogP) is 1.88. The predicted molar refractivity (Wildman–Crippen MR) is 84.6 cm³/mol. The molecule has 6 heteroatoms. The van der Waals surface area contributed by atoms with E-state index in [1.807, 2.05) is 19.1 Å². The second-order valence-electron chi connectivity index (χ2n) is 5.77. The van der Waals surface area contributed by atoms with Gasteiger partial charge in [0.1, 0.15) is 5.76 Å². The molecule has 2 atom stereocenters.